The number of esters is 1. The Hall–Kier alpha value is -2.34. The molecule has 0 N–H and O–H groups in total. The normalized spacial score (nSPS) is 19.2. The molecular formula is C38H56FIN4O4. The van der Waals surface area contributed by atoms with Crippen molar-refractivity contribution < 1.29 is 46.9 Å². The van der Waals surface area contributed by atoms with Crippen LogP contribution in [0.25, 0.3) is 11.0 Å². The van der Waals surface area contributed by atoms with Crippen LogP contribution in [0.3, 0.4) is 0 Å². The van der Waals surface area contributed by atoms with E-state index in [-0.39, 0.29) is 47.2 Å². The van der Waals surface area contributed by atoms with Gasteiger partial charge in [-0.05, 0) is 38.3 Å². The van der Waals surface area contributed by atoms with Gasteiger partial charge in [-0.3, -0.25) is 18.6 Å². The van der Waals surface area contributed by atoms with E-state index in [1.165, 1.54) is 69.9 Å². The van der Waals surface area contributed by atoms with Gasteiger partial charge in [-0.2, -0.15) is 0 Å². The second-order valence-corrected chi connectivity index (χ2v) is 14.2. The van der Waals surface area contributed by atoms with E-state index in [2.05, 4.69) is 12.1 Å². The maximum Gasteiger partial charge on any atom is 0.310 e. The molecular weight excluding hydrogens is 722 g/mol. The number of carbonyl (C=O) groups is 1. The Morgan fingerprint density at radius 1 is 1.02 bits per heavy atom. The molecule has 0 bridgehead atoms. The van der Waals surface area contributed by atoms with Gasteiger partial charge in [0.15, 0.2) is 5.58 Å². The summed E-state index contributed by atoms with van der Waals surface area (Å²) in [4.78, 5) is 31.2. The summed E-state index contributed by atoms with van der Waals surface area (Å²) in [6, 6.07) is 4.59. The van der Waals surface area contributed by atoms with Gasteiger partial charge >= 0.3 is 5.97 Å². The standard InChI is InChI=1S/C38H56FN4O4.HI/c1-3-4-5-6-7-8-9-10-11-12-13-17-36(44)46-28-43(26-22-32-29(2)40-35-16-14-15-23-42(35)38(32)45)24-20-30(21-25-43)37-33-19-18-31(39)27-34(33)47-41-37;/h18-19,27,30H,3-17,20-26,28H2,1-2H3;1H/q+1;/p-1. The monoisotopic (exact) mass is 778 g/mol. The number of ether oxygens (including phenoxy) is 1. The minimum Gasteiger partial charge on any atom is -1.00 e. The largest absolute Gasteiger partial charge is 1.00 e. The summed E-state index contributed by atoms with van der Waals surface area (Å²) in [5, 5.41) is 5.19. The van der Waals surface area contributed by atoms with Crippen LogP contribution in [0.4, 0.5) is 4.39 Å². The number of hydrogen-bond donors (Lipinski definition) is 0. The van der Waals surface area contributed by atoms with Crippen LogP contribution >= 0.6 is 0 Å². The summed E-state index contributed by atoms with van der Waals surface area (Å²) >= 11 is 0. The average Bonchev–Trinajstić information content (AvgIpc) is 3.49. The van der Waals surface area contributed by atoms with Crippen molar-refractivity contribution in [3.05, 3.63) is 57.1 Å². The van der Waals surface area contributed by atoms with Gasteiger partial charge in [-0.1, -0.05) is 76.3 Å². The third-order valence-electron chi connectivity index (χ3n) is 10.7. The van der Waals surface area contributed by atoms with Crippen molar-refractivity contribution in [3.8, 4) is 0 Å². The van der Waals surface area contributed by atoms with Crippen LogP contribution in [0.5, 0.6) is 0 Å². The lowest BCUT2D eigenvalue weighted by atomic mass is 9.90. The summed E-state index contributed by atoms with van der Waals surface area (Å²) in [6.07, 6.45) is 19.4. The number of nitrogens with zero attached hydrogens (tertiary/aromatic N) is 4. The lowest BCUT2D eigenvalue weighted by Crippen LogP contribution is -3.00. The van der Waals surface area contributed by atoms with E-state index in [1.807, 2.05) is 11.5 Å². The molecule has 266 valence electrons. The van der Waals surface area contributed by atoms with Crippen molar-refractivity contribution in [1.82, 2.24) is 14.7 Å². The quantitative estimate of drug-likeness (QED) is 0.0754. The Morgan fingerprint density at radius 3 is 2.42 bits per heavy atom. The van der Waals surface area contributed by atoms with Gasteiger partial charge in [0, 0.05) is 67.3 Å². The molecule has 0 spiro atoms. The number of aryl methyl sites for hydroxylation is 2. The zero-order chi connectivity index (χ0) is 33.1. The first-order chi connectivity index (χ1) is 22.9. The van der Waals surface area contributed by atoms with Gasteiger partial charge in [0.1, 0.15) is 11.6 Å². The summed E-state index contributed by atoms with van der Waals surface area (Å²) in [5.74, 6) is 0.621. The summed E-state index contributed by atoms with van der Waals surface area (Å²) in [5.41, 5.74) is 3.05. The van der Waals surface area contributed by atoms with E-state index in [1.54, 1.807) is 6.07 Å². The van der Waals surface area contributed by atoms with E-state index in [0.717, 1.165) is 92.7 Å². The molecule has 2 aliphatic rings. The number of likely N-dealkylation sites (tertiary alicyclic amines) is 1. The highest BCUT2D eigenvalue weighted by Crippen LogP contribution is 2.35. The molecule has 1 aromatic carbocycles. The van der Waals surface area contributed by atoms with E-state index in [0.29, 0.717) is 36.2 Å². The molecule has 10 heteroatoms. The zero-order valence-corrected chi connectivity index (χ0v) is 31.4. The van der Waals surface area contributed by atoms with Crippen molar-refractivity contribution in [2.24, 2.45) is 0 Å². The minimum atomic E-state index is -0.336. The average molecular weight is 779 g/mol. The molecule has 5 rings (SSSR count). The molecule has 0 aliphatic carbocycles. The molecule has 0 atom stereocenters. The summed E-state index contributed by atoms with van der Waals surface area (Å²) < 4.78 is 27.7. The van der Waals surface area contributed by atoms with Crippen LogP contribution in [-0.4, -0.2) is 51.5 Å². The van der Waals surface area contributed by atoms with Gasteiger partial charge in [0.05, 0.1) is 25.3 Å². The fourth-order valence-electron chi connectivity index (χ4n) is 7.61. The fraction of sp³-hybridized carbons (Fsp3) is 0.684. The van der Waals surface area contributed by atoms with Crippen molar-refractivity contribution >= 4 is 16.9 Å². The van der Waals surface area contributed by atoms with E-state index in [9.17, 15) is 14.0 Å². The van der Waals surface area contributed by atoms with Gasteiger partial charge < -0.3 is 33.2 Å². The number of fused-ring (bicyclic) bond motifs is 2. The second-order valence-electron chi connectivity index (χ2n) is 14.2. The van der Waals surface area contributed by atoms with Crippen molar-refractivity contribution in [1.29, 1.82) is 0 Å². The van der Waals surface area contributed by atoms with Gasteiger partial charge in [0.2, 0.25) is 6.73 Å². The topological polar surface area (TPSA) is 87.2 Å². The van der Waals surface area contributed by atoms with Crippen molar-refractivity contribution in [2.75, 3.05) is 26.4 Å². The van der Waals surface area contributed by atoms with Crippen molar-refractivity contribution in [3.63, 3.8) is 0 Å². The van der Waals surface area contributed by atoms with Crippen LogP contribution in [0.1, 0.15) is 138 Å². The number of piperidine rings is 1. The highest BCUT2D eigenvalue weighted by atomic mass is 127. The van der Waals surface area contributed by atoms with Crippen LogP contribution in [-0.2, 0) is 28.9 Å². The lowest BCUT2D eigenvalue weighted by Gasteiger charge is -2.42. The maximum absolute atomic E-state index is 13.8. The number of unbranched alkanes of at least 4 members (excludes halogenated alkanes) is 10. The maximum atomic E-state index is 13.8. The predicted molar refractivity (Wildman–Crippen MR) is 183 cm³/mol. The number of rotatable bonds is 18. The highest BCUT2D eigenvalue weighted by molar-refractivity contribution is 5.79. The third-order valence-corrected chi connectivity index (χ3v) is 10.7. The van der Waals surface area contributed by atoms with Crippen LogP contribution in [0.2, 0.25) is 0 Å². The second kappa shape index (κ2) is 19.2. The molecule has 4 heterocycles. The molecule has 1 saturated heterocycles. The molecule has 2 aliphatic heterocycles. The number of carbonyl (C=O) groups excluding carboxylic acids is 1. The zero-order valence-electron chi connectivity index (χ0n) is 29.3. The number of aromatic nitrogens is 3. The third kappa shape index (κ3) is 10.3. The number of halogens is 2. The SMILES string of the molecule is CCCCCCCCCCCCCC(=O)OC[N+]1(CCc2c(C)nc3n(c2=O)CCCC3)CCC(c2noc3cc(F)ccc23)CC1.[I-]. The Bertz CT molecular complexity index is 1510. The molecule has 8 nitrogen and oxygen atoms in total. The molecule has 0 radical (unpaired) electrons. The first kappa shape index (κ1) is 38.5. The van der Waals surface area contributed by atoms with Gasteiger partial charge in [0.25, 0.3) is 5.56 Å². The van der Waals surface area contributed by atoms with Gasteiger partial charge in [-0.25, -0.2) is 9.37 Å². The molecule has 0 saturated carbocycles. The van der Waals surface area contributed by atoms with Crippen molar-refractivity contribution in [2.45, 2.75) is 142 Å². The van der Waals surface area contributed by atoms with E-state index in [4.69, 9.17) is 14.2 Å². The molecule has 48 heavy (non-hydrogen) atoms. The highest BCUT2D eigenvalue weighted by Gasteiger charge is 2.37. The minimum absolute atomic E-state index is 0. The van der Waals surface area contributed by atoms with E-state index < -0.39 is 0 Å². The Morgan fingerprint density at radius 2 is 1.71 bits per heavy atom. The summed E-state index contributed by atoms with van der Waals surface area (Å²) in [7, 11) is 0. The Labute approximate surface area is 302 Å². The molecule has 0 amide bonds. The Kier molecular flexibility index (Phi) is 15.4. The molecule has 0 unspecified atom stereocenters. The smallest absolute Gasteiger partial charge is 0.310 e. The molecule has 2 aromatic heterocycles. The van der Waals surface area contributed by atoms with Gasteiger partial charge in [-0.15, -0.1) is 0 Å². The fourth-order valence-corrected chi connectivity index (χ4v) is 7.61. The van der Waals surface area contributed by atoms with Crippen LogP contribution in [0, 0.1) is 12.7 Å². The number of benzene rings is 1. The molecule has 1 fully saturated rings. The number of hydrogen-bond acceptors (Lipinski definition) is 6. The summed E-state index contributed by atoms with van der Waals surface area (Å²) in [6.45, 7) is 7.56. The van der Waals surface area contributed by atoms with E-state index >= 15 is 0 Å². The first-order valence-electron chi connectivity index (χ1n) is 18.5. The van der Waals surface area contributed by atoms with Crippen LogP contribution < -0.4 is 29.5 Å². The predicted octanol–water partition coefficient (Wildman–Crippen LogP) is 5.31. The molecule has 3 aromatic rings. The Balaban J connectivity index is 0.00000520. The first-order valence-corrected chi connectivity index (χ1v) is 18.5. The van der Waals surface area contributed by atoms with Crippen LogP contribution in [0.15, 0.2) is 27.5 Å². The lowest BCUT2D eigenvalue weighted by molar-refractivity contribution is -0.948. The number of quaternary nitrogens is 1.